The summed E-state index contributed by atoms with van der Waals surface area (Å²) < 4.78 is 38.3. The molecule has 0 amide bonds. The van der Waals surface area contributed by atoms with Crippen molar-refractivity contribution in [3.63, 3.8) is 0 Å². The molecular weight excluding hydrogens is 241 g/mol. The van der Waals surface area contributed by atoms with Crippen molar-refractivity contribution in [2.45, 2.75) is 26.4 Å². The zero-order valence-electron chi connectivity index (χ0n) is 10.5. The summed E-state index contributed by atoms with van der Waals surface area (Å²) in [5.74, 6) is 0. The number of benzene rings is 1. The van der Waals surface area contributed by atoms with E-state index in [1.807, 2.05) is 4.90 Å². The minimum Gasteiger partial charge on any atom is -0.398 e. The van der Waals surface area contributed by atoms with Crippen LogP contribution >= 0.6 is 0 Å². The van der Waals surface area contributed by atoms with Crippen LogP contribution < -0.4 is 10.6 Å². The van der Waals surface area contributed by atoms with Gasteiger partial charge < -0.3 is 10.6 Å². The lowest BCUT2D eigenvalue weighted by molar-refractivity contribution is -0.136. The minimum absolute atomic E-state index is 0.153. The third kappa shape index (κ3) is 2.54. The SMILES string of the molecule is CC1(C)CCN(c2ccc(N)c(C(F)(F)F)c2)C1. The van der Waals surface area contributed by atoms with E-state index in [9.17, 15) is 13.2 Å². The predicted octanol–water partition coefficient (Wildman–Crippen LogP) is 3.52. The van der Waals surface area contributed by atoms with Crippen LogP contribution in [0.4, 0.5) is 24.5 Å². The molecular formula is C13H17F3N2. The smallest absolute Gasteiger partial charge is 0.398 e. The van der Waals surface area contributed by atoms with Crippen LogP contribution in [0.1, 0.15) is 25.8 Å². The number of halogens is 3. The maximum absolute atomic E-state index is 12.8. The summed E-state index contributed by atoms with van der Waals surface area (Å²) in [5, 5.41) is 0. The maximum atomic E-state index is 12.8. The molecule has 0 radical (unpaired) electrons. The summed E-state index contributed by atoms with van der Waals surface area (Å²) >= 11 is 0. The molecule has 0 aromatic heterocycles. The number of hydrogen-bond donors (Lipinski definition) is 1. The van der Waals surface area contributed by atoms with Gasteiger partial charge in [-0.1, -0.05) is 13.8 Å². The average molecular weight is 258 g/mol. The van der Waals surface area contributed by atoms with Gasteiger partial charge in [0.2, 0.25) is 0 Å². The predicted molar refractivity (Wildman–Crippen MR) is 66.5 cm³/mol. The number of nitrogens with zero attached hydrogens (tertiary/aromatic N) is 1. The molecule has 2 N–H and O–H groups in total. The van der Waals surface area contributed by atoms with Gasteiger partial charge >= 0.3 is 6.18 Å². The second kappa shape index (κ2) is 4.07. The molecule has 2 nitrogen and oxygen atoms in total. The highest BCUT2D eigenvalue weighted by Gasteiger charge is 2.35. The number of nitrogens with two attached hydrogens (primary N) is 1. The van der Waals surface area contributed by atoms with Crippen molar-refractivity contribution in [1.29, 1.82) is 0 Å². The Kier molecular flexibility index (Phi) is 2.95. The van der Waals surface area contributed by atoms with E-state index in [0.29, 0.717) is 5.69 Å². The van der Waals surface area contributed by atoms with Crippen LogP contribution in [-0.4, -0.2) is 13.1 Å². The van der Waals surface area contributed by atoms with E-state index in [4.69, 9.17) is 5.73 Å². The van der Waals surface area contributed by atoms with Gasteiger partial charge in [-0.2, -0.15) is 13.2 Å². The van der Waals surface area contributed by atoms with Gasteiger partial charge in [-0.25, -0.2) is 0 Å². The van der Waals surface area contributed by atoms with Crippen molar-refractivity contribution in [3.8, 4) is 0 Å². The van der Waals surface area contributed by atoms with Gasteiger partial charge in [0.1, 0.15) is 0 Å². The molecule has 0 spiro atoms. The Balaban J connectivity index is 2.31. The molecule has 0 saturated carbocycles. The Morgan fingerprint density at radius 3 is 2.44 bits per heavy atom. The molecule has 0 aliphatic carbocycles. The highest BCUT2D eigenvalue weighted by molar-refractivity contribution is 5.60. The van der Waals surface area contributed by atoms with E-state index >= 15 is 0 Å². The van der Waals surface area contributed by atoms with Crippen LogP contribution in [0.5, 0.6) is 0 Å². The number of alkyl halides is 3. The summed E-state index contributed by atoms with van der Waals surface area (Å²) in [6, 6.07) is 4.15. The lowest BCUT2D eigenvalue weighted by atomic mass is 9.93. The zero-order valence-corrected chi connectivity index (χ0v) is 10.5. The van der Waals surface area contributed by atoms with E-state index < -0.39 is 11.7 Å². The molecule has 1 fully saturated rings. The number of nitrogen functional groups attached to an aromatic ring is 1. The summed E-state index contributed by atoms with van der Waals surface area (Å²) in [7, 11) is 0. The van der Waals surface area contributed by atoms with E-state index in [1.165, 1.54) is 6.07 Å². The maximum Gasteiger partial charge on any atom is 0.418 e. The molecule has 2 rings (SSSR count). The fourth-order valence-electron chi connectivity index (χ4n) is 2.32. The Hall–Kier alpha value is -1.39. The number of hydrogen-bond acceptors (Lipinski definition) is 2. The van der Waals surface area contributed by atoms with Crippen LogP contribution in [-0.2, 0) is 6.18 Å². The van der Waals surface area contributed by atoms with Gasteiger partial charge in [0, 0.05) is 24.5 Å². The van der Waals surface area contributed by atoms with Crippen LogP contribution in [0, 0.1) is 5.41 Å². The second-order valence-corrected chi connectivity index (χ2v) is 5.61. The summed E-state index contributed by atoms with van der Waals surface area (Å²) in [6.45, 7) is 5.80. The van der Waals surface area contributed by atoms with Crippen LogP contribution in [0.3, 0.4) is 0 Å². The molecule has 1 aromatic rings. The first-order valence-corrected chi connectivity index (χ1v) is 5.91. The van der Waals surface area contributed by atoms with Crippen molar-refractivity contribution in [1.82, 2.24) is 0 Å². The zero-order chi connectivity index (χ0) is 13.6. The molecule has 0 bridgehead atoms. The van der Waals surface area contributed by atoms with Crippen molar-refractivity contribution < 1.29 is 13.2 Å². The van der Waals surface area contributed by atoms with E-state index in [2.05, 4.69) is 13.8 Å². The molecule has 0 atom stereocenters. The van der Waals surface area contributed by atoms with Crippen LogP contribution in [0.15, 0.2) is 18.2 Å². The van der Waals surface area contributed by atoms with Gasteiger partial charge in [-0.15, -0.1) is 0 Å². The highest BCUT2D eigenvalue weighted by Crippen LogP contribution is 2.38. The van der Waals surface area contributed by atoms with E-state index in [0.717, 1.165) is 25.6 Å². The first-order valence-electron chi connectivity index (χ1n) is 5.91. The molecule has 1 aliphatic rings. The molecule has 100 valence electrons. The fourth-order valence-corrected chi connectivity index (χ4v) is 2.32. The van der Waals surface area contributed by atoms with Gasteiger partial charge in [-0.05, 0) is 30.0 Å². The van der Waals surface area contributed by atoms with Crippen LogP contribution in [0.2, 0.25) is 0 Å². The molecule has 1 aliphatic heterocycles. The third-order valence-electron chi connectivity index (χ3n) is 3.38. The molecule has 1 aromatic carbocycles. The molecule has 1 saturated heterocycles. The van der Waals surface area contributed by atoms with Crippen molar-refractivity contribution >= 4 is 11.4 Å². The Morgan fingerprint density at radius 1 is 1.28 bits per heavy atom. The van der Waals surface area contributed by atoms with Gasteiger partial charge in [0.25, 0.3) is 0 Å². The van der Waals surface area contributed by atoms with E-state index in [-0.39, 0.29) is 11.1 Å². The normalized spacial score (nSPS) is 19.3. The summed E-state index contributed by atoms with van der Waals surface area (Å²) in [5.41, 5.74) is 5.18. The van der Waals surface area contributed by atoms with Crippen LogP contribution in [0.25, 0.3) is 0 Å². The lowest BCUT2D eigenvalue weighted by Crippen LogP contribution is -2.23. The topological polar surface area (TPSA) is 29.3 Å². The second-order valence-electron chi connectivity index (χ2n) is 5.61. The van der Waals surface area contributed by atoms with Gasteiger partial charge in [0.15, 0.2) is 0 Å². The minimum atomic E-state index is -4.39. The Labute approximate surface area is 105 Å². The quantitative estimate of drug-likeness (QED) is 0.781. The Morgan fingerprint density at radius 2 is 1.94 bits per heavy atom. The van der Waals surface area contributed by atoms with Crippen molar-refractivity contribution in [2.24, 2.45) is 5.41 Å². The van der Waals surface area contributed by atoms with Crippen molar-refractivity contribution in [2.75, 3.05) is 23.7 Å². The average Bonchev–Trinajstić information content (AvgIpc) is 2.58. The number of rotatable bonds is 1. The van der Waals surface area contributed by atoms with Crippen molar-refractivity contribution in [3.05, 3.63) is 23.8 Å². The highest BCUT2D eigenvalue weighted by atomic mass is 19.4. The first kappa shape index (κ1) is 13.1. The number of anilines is 2. The third-order valence-corrected chi connectivity index (χ3v) is 3.38. The Bertz CT molecular complexity index is 452. The standard InChI is InChI=1S/C13H17F3N2/c1-12(2)5-6-18(8-12)9-3-4-11(17)10(7-9)13(14,15)16/h3-4,7H,5-6,8,17H2,1-2H3. The summed E-state index contributed by atoms with van der Waals surface area (Å²) in [6.07, 6.45) is -3.41. The first-order chi connectivity index (χ1) is 8.19. The molecule has 0 unspecified atom stereocenters. The summed E-state index contributed by atoms with van der Waals surface area (Å²) in [4.78, 5) is 1.98. The monoisotopic (exact) mass is 258 g/mol. The molecule has 1 heterocycles. The largest absolute Gasteiger partial charge is 0.418 e. The van der Waals surface area contributed by atoms with Gasteiger partial charge in [0.05, 0.1) is 5.56 Å². The molecule has 18 heavy (non-hydrogen) atoms. The fraction of sp³-hybridized carbons (Fsp3) is 0.538. The molecule has 5 heteroatoms. The van der Waals surface area contributed by atoms with E-state index in [1.54, 1.807) is 6.07 Å². The lowest BCUT2D eigenvalue weighted by Gasteiger charge is -2.23. The van der Waals surface area contributed by atoms with Gasteiger partial charge in [-0.3, -0.25) is 0 Å².